The first kappa shape index (κ1) is 23.8. The summed E-state index contributed by atoms with van der Waals surface area (Å²) in [6.07, 6.45) is 0. The van der Waals surface area contributed by atoms with E-state index >= 15 is 0 Å². The molecule has 45 heavy (non-hydrogen) atoms. The van der Waals surface area contributed by atoms with E-state index in [0.717, 1.165) is 16.6 Å². The van der Waals surface area contributed by atoms with Crippen molar-refractivity contribution < 1.29 is 4.42 Å². The second-order valence-electron chi connectivity index (χ2n) is 13.2. The van der Waals surface area contributed by atoms with Gasteiger partial charge in [-0.15, -0.1) is 0 Å². The molecule has 2 aromatic heterocycles. The molecule has 9 aromatic rings. The van der Waals surface area contributed by atoms with E-state index in [9.17, 15) is 0 Å². The van der Waals surface area contributed by atoms with Crippen LogP contribution in [0.5, 0.6) is 0 Å². The van der Waals surface area contributed by atoms with E-state index in [1.165, 1.54) is 88.2 Å². The van der Waals surface area contributed by atoms with E-state index in [0.29, 0.717) is 0 Å². The van der Waals surface area contributed by atoms with Crippen LogP contribution in [-0.4, -0.2) is 4.57 Å². The summed E-state index contributed by atoms with van der Waals surface area (Å²) in [7, 11) is 0. The molecule has 0 aliphatic heterocycles. The van der Waals surface area contributed by atoms with Crippen molar-refractivity contribution in [2.24, 2.45) is 0 Å². The molecule has 7 aromatic carbocycles. The van der Waals surface area contributed by atoms with Crippen LogP contribution in [0.3, 0.4) is 0 Å². The SMILES string of the molecule is CC1(C)c2ccccc2-c2c1c1c3ccccc3n(-c3ccc4c5c(cccc35)-c3ccccc3-4)c1c1c2oc2ccccc21. The van der Waals surface area contributed by atoms with E-state index in [1.54, 1.807) is 0 Å². The van der Waals surface area contributed by atoms with E-state index < -0.39 is 0 Å². The molecule has 0 saturated carbocycles. The molecule has 0 atom stereocenters. The zero-order valence-corrected chi connectivity index (χ0v) is 25.0. The topological polar surface area (TPSA) is 18.1 Å². The van der Waals surface area contributed by atoms with Crippen LogP contribution in [0.1, 0.15) is 25.0 Å². The van der Waals surface area contributed by atoms with E-state index in [-0.39, 0.29) is 5.41 Å². The molecular formula is C43H27NO. The van der Waals surface area contributed by atoms with Gasteiger partial charge in [0.1, 0.15) is 11.2 Å². The Kier molecular flexibility index (Phi) is 4.19. The van der Waals surface area contributed by atoms with Gasteiger partial charge in [0.2, 0.25) is 0 Å². The first-order chi connectivity index (χ1) is 22.1. The average molecular weight is 574 g/mol. The number of hydrogen-bond donors (Lipinski definition) is 0. The van der Waals surface area contributed by atoms with Crippen molar-refractivity contribution in [3.63, 3.8) is 0 Å². The lowest BCUT2D eigenvalue weighted by Crippen LogP contribution is -2.15. The van der Waals surface area contributed by atoms with Crippen LogP contribution < -0.4 is 0 Å². The van der Waals surface area contributed by atoms with Crippen LogP contribution >= 0.6 is 0 Å². The fraction of sp³-hybridized carbons (Fsp3) is 0.0698. The highest BCUT2D eigenvalue weighted by atomic mass is 16.3. The lowest BCUT2D eigenvalue weighted by Gasteiger charge is -2.23. The summed E-state index contributed by atoms with van der Waals surface area (Å²) in [4.78, 5) is 0. The number of aromatic nitrogens is 1. The largest absolute Gasteiger partial charge is 0.455 e. The van der Waals surface area contributed by atoms with Gasteiger partial charge in [-0.3, -0.25) is 0 Å². The number of fused-ring (bicyclic) bond motifs is 15. The zero-order valence-electron chi connectivity index (χ0n) is 25.0. The Morgan fingerprint density at radius 1 is 0.511 bits per heavy atom. The van der Waals surface area contributed by atoms with Crippen LogP contribution in [0.25, 0.3) is 93.6 Å². The Hall–Kier alpha value is -5.60. The van der Waals surface area contributed by atoms with Crippen LogP contribution in [0, 0.1) is 0 Å². The van der Waals surface area contributed by atoms with Crippen molar-refractivity contribution in [2.75, 3.05) is 0 Å². The molecule has 0 N–H and O–H groups in total. The number of rotatable bonds is 1. The first-order valence-corrected chi connectivity index (χ1v) is 15.8. The van der Waals surface area contributed by atoms with Gasteiger partial charge in [0, 0.05) is 32.5 Å². The Balaban J connectivity index is 1.41. The smallest absolute Gasteiger partial charge is 0.145 e. The van der Waals surface area contributed by atoms with Gasteiger partial charge in [0.15, 0.2) is 0 Å². The van der Waals surface area contributed by atoms with Gasteiger partial charge in [-0.1, -0.05) is 123 Å². The molecule has 2 heterocycles. The second-order valence-corrected chi connectivity index (χ2v) is 13.2. The van der Waals surface area contributed by atoms with Gasteiger partial charge < -0.3 is 8.98 Å². The quantitative estimate of drug-likeness (QED) is 0.191. The summed E-state index contributed by atoms with van der Waals surface area (Å²) in [6, 6.07) is 46.8. The average Bonchev–Trinajstić information content (AvgIpc) is 3.78. The molecule has 2 aliphatic carbocycles. The summed E-state index contributed by atoms with van der Waals surface area (Å²) in [5.74, 6) is 0. The summed E-state index contributed by atoms with van der Waals surface area (Å²) >= 11 is 0. The standard InChI is InChI=1S/C43H27NO/c1-43(2)32-19-8-5-14-28(32)38-40(43)37-30-15-6-9-20-33(30)44(41(37)39-31-16-7-10-21-35(31)45-42(38)39)34-23-22-27-25-13-4-3-12-24(25)26-17-11-18-29(34)36(26)27/h3-23H,1-2H3. The Labute approximate surface area is 259 Å². The third kappa shape index (κ3) is 2.70. The highest BCUT2D eigenvalue weighted by molar-refractivity contribution is 6.30. The van der Waals surface area contributed by atoms with Gasteiger partial charge in [-0.25, -0.2) is 0 Å². The Morgan fingerprint density at radius 3 is 2.00 bits per heavy atom. The third-order valence-electron chi connectivity index (χ3n) is 10.7. The molecule has 0 saturated heterocycles. The Bertz CT molecular complexity index is 2760. The third-order valence-corrected chi connectivity index (χ3v) is 10.7. The summed E-state index contributed by atoms with van der Waals surface area (Å²) in [5, 5.41) is 7.56. The summed E-state index contributed by atoms with van der Waals surface area (Å²) in [6.45, 7) is 4.77. The van der Waals surface area contributed by atoms with Gasteiger partial charge in [-0.2, -0.15) is 0 Å². The number of hydrogen-bond acceptors (Lipinski definition) is 1. The fourth-order valence-electron chi connectivity index (χ4n) is 8.93. The lowest BCUT2D eigenvalue weighted by atomic mass is 9.80. The molecule has 11 rings (SSSR count). The zero-order chi connectivity index (χ0) is 29.6. The van der Waals surface area contributed by atoms with Crippen LogP contribution in [0.15, 0.2) is 132 Å². The molecule has 0 spiro atoms. The van der Waals surface area contributed by atoms with Crippen LogP contribution in [-0.2, 0) is 5.41 Å². The van der Waals surface area contributed by atoms with Gasteiger partial charge in [0.25, 0.3) is 0 Å². The molecule has 210 valence electrons. The van der Waals surface area contributed by atoms with Gasteiger partial charge >= 0.3 is 0 Å². The van der Waals surface area contributed by atoms with Crippen molar-refractivity contribution in [1.82, 2.24) is 4.57 Å². The van der Waals surface area contributed by atoms with Gasteiger partial charge in [-0.05, 0) is 62.5 Å². The maximum Gasteiger partial charge on any atom is 0.145 e. The number of furan rings is 1. The maximum atomic E-state index is 6.91. The fourth-order valence-corrected chi connectivity index (χ4v) is 8.93. The minimum atomic E-state index is -0.198. The summed E-state index contributed by atoms with van der Waals surface area (Å²) < 4.78 is 9.45. The molecule has 0 bridgehead atoms. The van der Waals surface area contributed by atoms with Crippen molar-refractivity contribution >= 4 is 54.5 Å². The Morgan fingerprint density at radius 2 is 1.16 bits per heavy atom. The number of para-hydroxylation sites is 2. The maximum absolute atomic E-state index is 6.91. The molecule has 0 amide bonds. The van der Waals surface area contributed by atoms with Crippen molar-refractivity contribution in [3.05, 3.63) is 139 Å². The molecule has 2 aliphatic rings. The minimum absolute atomic E-state index is 0.198. The van der Waals surface area contributed by atoms with E-state index in [2.05, 4.69) is 146 Å². The monoisotopic (exact) mass is 573 g/mol. The van der Waals surface area contributed by atoms with E-state index in [1.807, 2.05) is 0 Å². The predicted octanol–water partition coefficient (Wildman–Crippen LogP) is 11.8. The van der Waals surface area contributed by atoms with Gasteiger partial charge in [0.05, 0.1) is 22.1 Å². The van der Waals surface area contributed by atoms with Crippen LogP contribution in [0.4, 0.5) is 0 Å². The first-order valence-electron chi connectivity index (χ1n) is 15.8. The van der Waals surface area contributed by atoms with E-state index in [4.69, 9.17) is 4.42 Å². The van der Waals surface area contributed by atoms with Crippen molar-refractivity contribution in [1.29, 1.82) is 0 Å². The highest BCUT2D eigenvalue weighted by Gasteiger charge is 2.41. The highest BCUT2D eigenvalue weighted by Crippen LogP contribution is 2.58. The molecule has 0 fully saturated rings. The minimum Gasteiger partial charge on any atom is -0.455 e. The molecule has 0 unspecified atom stereocenters. The number of nitrogens with zero attached hydrogens (tertiary/aromatic N) is 1. The second kappa shape index (κ2) is 7.91. The normalized spacial score (nSPS) is 14.2. The lowest BCUT2D eigenvalue weighted by molar-refractivity contribution is 0.658. The van der Waals surface area contributed by atoms with Crippen molar-refractivity contribution in [2.45, 2.75) is 19.3 Å². The summed E-state index contributed by atoms with van der Waals surface area (Å²) in [5.41, 5.74) is 15.9. The molecule has 2 nitrogen and oxygen atoms in total. The molecule has 0 radical (unpaired) electrons. The predicted molar refractivity (Wildman–Crippen MR) is 188 cm³/mol. The number of benzene rings is 7. The van der Waals surface area contributed by atoms with Crippen molar-refractivity contribution in [3.8, 4) is 39.1 Å². The molecular weight excluding hydrogens is 546 g/mol. The van der Waals surface area contributed by atoms with Crippen LogP contribution in [0.2, 0.25) is 0 Å². The molecule has 2 heteroatoms.